The average Bonchev–Trinajstić information content (AvgIpc) is 3.16. The van der Waals surface area contributed by atoms with Crippen molar-refractivity contribution in [2.24, 2.45) is 0 Å². The average molecular weight is 360 g/mol. The molecule has 0 atom stereocenters. The second-order valence-corrected chi connectivity index (χ2v) is 6.33. The van der Waals surface area contributed by atoms with Crippen molar-refractivity contribution in [2.75, 3.05) is 23.9 Å². The standard InChI is InChI=1S/C21H20N4O2/c1-27-17-8-6-15(7-9-17)13-22-20-12-18(23-14-24-20)21(26)25-11-10-16-4-2-3-5-19(16)25/h2-9,12,14H,10-11,13H2,1H3,(H,22,23,24). The summed E-state index contributed by atoms with van der Waals surface area (Å²) in [5, 5.41) is 3.24. The number of methoxy groups -OCH3 is 1. The van der Waals surface area contributed by atoms with Crippen LogP contribution in [0.3, 0.4) is 0 Å². The summed E-state index contributed by atoms with van der Waals surface area (Å²) in [5.41, 5.74) is 3.64. The summed E-state index contributed by atoms with van der Waals surface area (Å²) >= 11 is 0. The quantitative estimate of drug-likeness (QED) is 0.756. The molecule has 1 amide bonds. The number of aromatic nitrogens is 2. The molecule has 136 valence electrons. The predicted molar refractivity (Wildman–Crippen MR) is 104 cm³/mol. The molecule has 27 heavy (non-hydrogen) atoms. The molecule has 1 N–H and O–H groups in total. The lowest BCUT2D eigenvalue weighted by atomic mass is 10.2. The summed E-state index contributed by atoms with van der Waals surface area (Å²) in [7, 11) is 1.64. The summed E-state index contributed by atoms with van der Waals surface area (Å²) < 4.78 is 5.16. The largest absolute Gasteiger partial charge is 0.497 e. The highest BCUT2D eigenvalue weighted by Gasteiger charge is 2.26. The molecule has 0 saturated heterocycles. The van der Waals surface area contributed by atoms with Gasteiger partial charge in [-0.3, -0.25) is 4.79 Å². The highest BCUT2D eigenvalue weighted by Crippen LogP contribution is 2.28. The third-order valence-corrected chi connectivity index (χ3v) is 4.65. The maximum atomic E-state index is 12.9. The zero-order valence-corrected chi connectivity index (χ0v) is 15.1. The minimum absolute atomic E-state index is 0.102. The molecule has 0 fully saturated rings. The molecule has 6 heteroatoms. The number of anilines is 2. The molecule has 0 bridgehead atoms. The highest BCUT2D eigenvalue weighted by atomic mass is 16.5. The number of carbonyl (C=O) groups excluding carboxylic acids is 1. The Labute approximate surface area is 157 Å². The predicted octanol–water partition coefficient (Wildman–Crippen LogP) is 3.30. The van der Waals surface area contributed by atoms with Gasteiger partial charge in [-0.05, 0) is 35.7 Å². The molecule has 2 aromatic carbocycles. The lowest BCUT2D eigenvalue weighted by molar-refractivity contribution is 0.0984. The Hall–Kier alpha value is -3.41. The zero-order chi connectivity index (χ0) is 18.6. The molecule has 3 aromatic rings. The smallest absolute Gasteiger partial charge is 0.277 e. The van der Waals surface area contributed by atoms with Crippen molar-refractivity contribution in [2.45, 2.75) is 13.0 Å². The second kappa shape index (κ2) is 7.45. The molecule has 0 saturated carbocycles. The number of rotatable bonds is 5. The van der Waals surface area contributed by atoms with E-state index in [1.165, 1.54) is 11.9 Å². The van der Waals surface area contributed by atoms with Crippen LogP contribution in [0.15, 0.2) is 60.9 Å². The van der Waals surface area contributed by atoms with Crippen LogP contribution in [0.25, 0.3) is 0 Å². The van der Waals surface area contributed by atoms with Gasteiger partial charge in [-0.1, -0.05) is 30.3 Å². The molecule has 0 unspecified atom stereocenters. The molecule has 0 aliphatic carbocycles. The van der Waals surface area contributed by atoms with Gasteiger partial charge in [0.2, 0.25) is 0 Å². The lowest BCUT2D eigenvalue weighted by Gasteiger charge is -2.17. The third kappa shape index (κ3) is 3.60. The van der Waals surface area contributed by atoms with Crippen molar-refractivity contribution in [1.82, 2.24) is 9.97 Å². The first-order chi connectivity index (χ1) is 13.2. The maximum Gasteiger partial charge on any atom is 0.277 e. The maximum absolute atomic E-state index is 12.9. The van der Waals surface area contributed by atoms with Crippen LogP contribution in [0.2, 0.25) is 0 Å². The van der Waals surface area contributed by atoms with E-state index >= 15 is 0 Å². The SMILES string of the molecule is COc1ccc(CNc2cc(C(=O)N3CCc4ccccc43)ncn2)cc1. The number of fused-ring (bicyclic) bond motifs is 1. The normalized spacial score (nSPS) is 12.6. The van der Waals surface area contributed by atoms with Gasteiger partial charge in [-0.25, -0.2) is 9.97 Å². The molecule has 1 aromatic heterocycles. The lowest BCUT2D eigenvalue weighted by Crippen LogP contribution is -2.29. The number of para-hydroxylation sites is 1. The fraction of sp³-hybridized carbons (Fsp3) is 0.190. The van der Waals surface area contributed by atoms with Crippen molar-refractivity contribution in [1.29, 1.82) is 0 Å². The Morgan fingerprint density at radius 3 is 2.78 bits per heavy atom. The summed E-state index contributed by atoms with van der Waals surface area (Å²) in [6.07, 6.45) is 2.29. The van der Waals surface area contributed by atoms with Crippen molar-refractivity contribution in [3.05, 3.63) is 77.7 Å². The summed E-state index contributed by atoms with van der Waals surface area (Å²) in [4.78, 5) is 23.1. The summed E-state index contributed by atoms with van der Waals surface area (Å²) in [6, 6.07) is 17.5. The minimum Gasteiger partial charge on any atom is -0.497 e. The van der Waals surface area contributed by atoms with Crippen LogP contribution in [-0.2, 0) is 13.0 Å². The number of ether oxygens (including phenoxy) is 1. The number of nitrogens with zero attached hydrogens (tertiary/aromatic N) is 3. The first-order valence-electron chi connectivity index (χ1n) is 8.83. The Kier molecular flexibility index (Phi) is 4.70. The number of carbonyl (C=O) groups is 1. The third-order valence-electron chi connectivity index (χ3n) is 4.65. The molecule has 1 aliphatic rings. The van der Waals surface area contributed by atoms with Gasteiger partial charge in [0, 0.05) is 24.8 Å². The first-order valence-corrected chi connectivity index (χ1v) is 8.83. The van der Waals surface area contributed by atoms with Crippen LogP contribution in [0, 0.1) is 0 Å². The van der Waals surface area contributed by atoms with Crippen LogP contribution in [-0.4, -0.2) is 29.5 Å². The van der Waals surface area contributed by atoms with E-state index in [1.54, 1.807) is 18.1 Å². The fourth-order valence-corrected chi connectivity index (χ4v) is 3.19. The van der Waals surface area contributed by atoms with E-state index in [-0.39, 0.29) is 5.91 Å². The summed E-state index contributed by atoms with van der Waals surface area (Å²) in [5.74, 6) is 1.34. The Bertz CT molecular complexity index is 956. The number of hydrogen-bond donors (Lipinski definition) is 1. The molecular formula is C21H20N4O2. The van der Waals surface area contributed by atoms with Crippen LogP contribution in [0.4, 0.5) is 11.5 Å². The molecule has 0 spiro atoms. The molecular weight excluding hydrogens is 340 g/mol. The van der Waals surface area contributed by atoms with Gasteiger partial charge >= 0.3 is 0 Å². The van der Waals surface area contributed by atoms with E-state index < -0.39 is 0 Å². The minimum atomic E-state index is -0.102. The summed E-state index contributed by atoms with van der Waals surface area (Å²) in [6.45, 7) is 1.28. The number of benzene rings is 2. The van der Waals surface area contributed by atoms with Crippen LogP contribution in [0.1, 0.15) is 21.6 Å². The topological polar surface area (TPSA) is 67.3 Å². The molecule has 6 nitrogen and oxygen atoms in total. The number of hydrogen-bond acceptors (Lipinski definition) is 5. The van der Waals surface area contributed by atoms with Gasteiger partial charge in [0.15, 0.2) is 0 Å². The fourth-order valence-electron chi connectivity index (χ4n) is 3.19. The highest BCUT2D eigenvalue weighted by molar-refractivity contribution is 6.06. The van der Waals surface area contributed by atoms with Gasteiger partial charge in [-0.15, -0.1) is 0 Å². The van der Waals surface area contributed by atoms with Gasteiger partial charge in [0.1, 0.15) is 23.6 Å². The van der Waals surface area contributed by atoms with Gasteiger partial charge in [0.25, 0.3) is 5.91 Å². The zero-order valence-electron chi connectivity index (χ0n) is 15.1. The van der Waals surface area contributed by atoms with Crippen molar-refractivity contribution >= 4 is 17.4 Å². The van der Waals surface area contributed by atoms with Gasteiger partial charge in [0.05, 0.1) is 7.11 Å². The van der Waals surface area contributed by atoms with Crippen LogP contribution in [0.5, 0.6) is 5.75 Å². The molecule has 0 radical (unpaired) electrons. The Balaban J connectivity index is 1.46. The van der Waals surface area contributed by atoms with Gasteiger partial charge < -0.3 is 15.0 Å². The van der Waals surface area contributed by atoms with E-state index in [9.17, 15) is 4.79 Å². The first kappa shape index (κ1) is 17.0. The molecule has 4 rings (SSSR count). The van der Waals surface area contributed by atoms with E-state index in [2.05, 4.69) is 21.4 Å². The van der Waals surface area contributed by atoms with E-state index in [1.807, 2.05) is 42.5 Å². The van der Waals surface area contributed by atoms with E-state index in [0.717, 1.165) is 23.4 Å². The van der Waals surface area contributed by atoms with Gasteiger partial charge in [-0.2, -0.15) is 0 Å². The molecule has 2 heterocycles. The molecule has 1 aliphatic heterocycles. The van der Waals surface area contributed by atoms with Crippen molar-refractivity contribution < 1.29 is 9.53 Å². The van der Waals surface area contributed by atoms with Crippen molar-refractivity contribution in [3.63, 3.8) is 0 Å². The number of amides is 1. The number of nitrogens with one attached hydrogen (secondary N) is 1. The van der Waals surface area contributed by atoms with Crippen LogP contribution >= 0.6 is 0 Å². The van der Waals surface area contributed by atoms with Crippen LogP contribution < -0.4 is 15.0 Å². The van der Waals surface area contributed by atoms with E-state index in [4.69, 9.17) is 4.74 Å². The van der Waals surface area contributed by atoms with E-state index in [0.29, 0.717) is 24.6 Å². The van der Waals surface area contributed by atoms with Crippen molar-refractivity contribution in [3.8, 4) is 5.75 Å². The second-order valence-electron chi connectivity index (χ2n) is 6.33. The Morgan fingerprint density at radius 2 is 1.96 bits per heavy atom. The monoisotopic (exact) mass is 360 g/mol. The Morgan fingerprint density at radius 1 is 1.15 bits per heavy atom.